The smallest absolute Gasteiger partial charge is 0.277 e. The molecule has 5 heteroatoms. The molecule has 21 heavy (non-hydrogen) atoms. The molecule has 1 saturated heterocycles. The van der Waals surface area contributed by atoms with E-state index in [9.17, 15) is 14.4 Å². The van der Waals surface area contributed by atoms with Crippen molar-refractivity contribution in [2.24, 2.45) is 11.8 Å². The van der Waals surface area contributed by atoms with Crippen LogP contribution < -0.4 is 5.32 Å². The minimum absolute atomic E-state index is 0.123. The summed E-state index contributed by atoms with van der Waals surface area (Å²) in [6.07, 6.45) is 0.869. The summed E-state index contributed by atoms with van der Waals surface area (Å²) in [4.78, 5) is 37.4. The first-order chi connectivity index (χ1) is 9.99. The Bertz CT molecular complexity index is 624. The summed E-state index contributed by atoms with van der Waals surface area (Å²) in [5.74, 6) is -1.56. The molecule has 5 nitrogen and oxygen atoms in total. The monoisotopic (exact) mass is 286 g/mol. The van der Waals surface area contributed by atoms with Crippen LogP contribution in [-0.2, 0) is 16.0 Å². The fourth-order valence-electron chi connectivity index (χ4n) is 3.14. The van der Waals surface area contributed by atoms with E-state index >= 15 is 0 Å². The molecule has 3 rings (SSSR count). The van der Waals surface area contributed by atoms with Crippen LogP contribution in [0, 0.1) is 11.8 Å². The van der Waals surface area contributed by atoms with Gasteiger partial charge in [-0.25, -0.2) is 4.79 Å². The van der Waals surface area contributed by atoms with Gasteiger partial charge in [0.15, 0.2) is 0 Å². The molecule has 2 unspecified atom stereocenters. The van der Waals surface area contributed by atoms with Gasteiger partial charge in [-0.1, -0.05) is 38.1 Å². The SMILES string of the molecule is CC(C)C1C(=O)NC(=O)N(CC2Cc3ccccc32)C1=O. The number of rotatable bonds is 3. The molecule has 1 N–H and O–H groups in total. The highest BCUT2D eigenvalue weighted by atomic mass is 16.2. The summed E-state index contributed by atoms with van der Waals surface area (Å²) in [5.41, 5.74) is 2.46. The van der Waals surface area contributed by atoms with E-state index in [1.54, 1.807) is 0 Å². The van der Waals surface area contributed by atoms with Crippen molar-refractivity contribution in [2.45, 2.75) is 26.2 Å². The Labute approximate surface area is 123 Å². The molecule has 1 aliphatic heterocycles. The number of carbonyl (C=O) groups excluding carboxylic acids is 3. The van der Waals surface area contributed by atoms with Crippen LogP contribution in [-0.4, -0.2) is 29.3 Å². The second-order valence-corrected chi connectivity index (χ2v) is 6.06. The second-order valence-electron chi connectivity index (χ2n) is 6.06. The van der Waals surface area contributed by atoms with Crippen LogP contribution in [0.2, 0.25) is 0 Å². The minimum Gasteiger partial charge on any atom is -0.277 e. The number of fused-ring (bicyclic) bond motifs is 1. The van der Waals surface area contributed by atoms with Crippen molar-refractivity contribution in [2.75, 3.05) is 6.54 Å². The lowest BCUT2D eigenvalue weighted by Gasteiger charge is -2.37. The zero-order valence-electron chi connectivity index (χ0n) is 12.1. The number of carbonyl (C=O) groups is 3. The molecule has 0 spiro atoms. The van der Waals surface area contributed by atoms with E-state index in [0.29, 0.717) is 6.54 Å². The Hall–Kier alpha value is -2.17. The van der Waals surface area contributed by atoms with Gasteiger partial charge >= 0.3 is 6.03 Å². The van der Waals surface area contributed by atoms with E-state index in [0.717, 1.165) is 6.42 Å². The molecule has 1 fully saturated rings. The molecule has 0 bridgehead atoms. The van der Waals surface area contributed by atoms with Gasteiger partial charge in [0, 0.05) is 12.5 Å². The number of hydrogen-bond acceptors (Lipinski definition) is 3. The molecule has 2 aliphatic rings. The van der Waals surface area contributed by atoms with Gasteiger partial charge in [-0.05, 0) is 23.5 Å². The lowest BCUT2D eigenvalue weighted by molar-refractivity contribution is -0.144. The Balaban J connectivity index is 1.78. The van der Waals surface area contributed by atoms with Crippen LogP contribution in [0.15, 0.2) is 24.3 Å². The first kappa shape index (κ1) is 13.8. The predicted octanol–water partition coefficient (Wildman–Crippen LogP) is 1.68. The second kappa shape index (κ2) is 4.98. The molecule has 1 aromatic rings. The zero-order chi connectivity index (χ0) is 15.1. The molecule has 1 aliphatic carbocycles. The number of urea groups is 1. The van der Waals surface area contributed by atoms with Crippen LogP contribution in [0.3, 0.4) is 0 Å². The van der Waals surface area contributed by atoms with E-state index in [2.05, 4.69) is 11.4 Å². The Morgan fingerprint density at radius 3 is 2.62 bits per heavy atom. The number of hydrogen-bond donors (Lipinski definition) is 1. The normalized spacial score (nSPS) is 24.7. The van der Waals surface area contributed by atoms with E-state index in [1.807, 2.05) is 32.0 Å². The predicted molar refractivity (Wildman–Crippen MR) is 76.5 cm³/mol. The first-order valence-electron chi connectivity index (χ1n) is 7.23. The first-order valence-corrected chi connectivity index (χ1v) is 7.23. The van der Waals surface area contributed by atoms with Crippen molar-refractivity contribution >= 4 is 17.8 Å². The minimum atomic E-state index is -0.766. The fraction of sp³-hybridized carbons (Fsp3) is 0.438. The maximum atomic E-state index is 12.4. The summed E-state index contributed by atoms with van der Waals surface area (Å²) in [6.45, 7) is 3.97. The van der Waals surface area contributed by atoms with Crippen LogP contribution in [0.25, 0.3) is 0 Å². The lowest BCUT2D eigenvalue weighted by atomic mass is 9.77. The van der Waals surface area contributed by atoms with Gasteiger partial charge in [-0.15, -0.1) is 0 Å². The highest BCUT2D eigenvalue weighted by Gasteiger charge is 2.43. The molecule has 0 saturated carbocycles. The topological polar surface area (TPSA) is 66.5 Å². The summed E-state index contributed by atoms with van der Waals surface area (Å²) in [6, 6.07) is 7.45. The maximum absolute atomic E-state index is 12.4. The number of amides is 4. The van der Waals surface area contributed by atoms with E-state index in [4.69, 9.17) is 0 Å². The molecule has 0 aromatic heterocycles. The van der Waals surface area contributed by atoms with Crippen molar-refractivity contribution in [3.63, 3.8) is 0 Å². The number of barbiturate groups is 1. The third-order valence-corrected chi connectivity index (χ3v) is 4.32. The summed E-state index contributed by atoms with van der Waals surface area (Å²) in [5, 5.41) is 2.30. The number of imide groups is 2. The highest BCUT2D eigenvalue weighted by Crippen LogP contribution is 2.36. The third-order valence-electron chi connectivity index (χ3n) is 4.32. The van der Waals surface area contributed by atoms with Crippen LogP contribution in [0.5, 0.6) is 0 Å². The van der Waals surface area contributed by atoms with Gasteiger partial charge in [0.2, 0.25) is 11.8 Å². The van der Waals surface area contributed by atoms with Crippen molar-refractivity contribution < 1.29 is 14.4 Å². The van der Waals surface area contributed by atoms with Gasteiger partial charge in [0.05, 0.1) is 0 Å². The van der Waals surface area contributed by atoms with Crippen LogP contribution in [0.1, 0.15) is 30.9 Å². The highest BCUT2D eigenvalue weighted by molar-refractivity contribution is 6.16. The Morgan fingerprint density at radius 1 is 1.24 bits per heavy atom. The van der Waals surface area contributed by atoms with Crippen LogP contribution >= 0.6 is 0 Å². The molecule has 2 atom stereocenters. The maximum Gasteiger partial charge on any atom is 0.330 e. The lowest BCUT2D eigenvalue weighted by Crippen LogP contribution is -2.60. The van der Waals surface area contributed by atoms with E-state index in [1.165, 1.54) is 16.0 Å². The van der Waals surface area contributed by atoms with Crippen molar-refractivity contribution in [3.8, 4) is 0 Å². The average Bonchev–Trinajstić information content (AvgIpc) is 2.38. The largest absolute Gasteiger partial charge is 0.330 e. The van der Waals surface area contributed by atoms with Crippen molar-refractivity contribution in [3.05, 3.63) is 35.4 Å². The molecule has 110 valence electrons. The Kier molecular flexibility index (Phi) is 3.27. The van der Waals surface area contributed by atoms with E-state index < -0.39 is 17.9 Å². The summed E-state index contributed by atoms with van der Waals surface area (Å²) in [7, 11) is 0. The molecule has 0 radical (unpaired) electrons. The van der Waals surface area contributed by atoms with Gasteiger partial charge in [0.1, 0.15) is 5.92 Å². The zero-order valence-corrected chi connectivity index (χ0v) is 12.1. The number of nitrogens with zero attached hydrogens (tertiary/aromatic N) is 1. The fourth-order valence-corrected chi connectivity index (χ4v) is 3.14. The summed E-state index contributed by atoms with van der Waals surface area (Å²) >= 11 is 0. The molecule has 1 aromatic carbocycles. The van der Waals surface area contributed by atoms with Gasteiger partial charge in [-0.3, -0.25) is 19.8 Å². The summed E-state index contributed by atoms with van der Waals surface area (Å²) < 4.78 is 0. The van der Waals surface area contributed by atoms with E-state index in [-0.39, 0.29) is 17.7 Å². The molecular weight excluding hydrogens is 268 g/mol. The molecular formula is C16H18N2O3. The van der Waals surface area contributed by atoms with Gasteiger partial charge in [0.25, 0.3) is 0 Å². The number of nitrogens with one attached hydrogen (secondary N) is 1. The van der Waals surface area contributed by atoms with Crippen molar-refractivity contribution in [1.29, 1.82) is 0 Å². The standard InChI is InChI=1S/C16H18N2O3/c1-9(2)13-14(19)17-16(21)18(15(13)20)8-11-7-10-5-3-4-6-12(10)11/h3-6,9,11,13H,7-8H2,1-2H3,(H,17,19,21). The van der Waals surface area contributed by atoms with Crippen LogP contribution in [0.4, 0.5) is 4.79 Å². The molecule has 1 heterocycles. The molecule has 4 amide bonds. The average molecular weight is 286 g/mol. The van der Waals surface area contributed by atoms with Crippen molar-refractivity contribution in [1.82, 2.24) is 10.2 Å². The number of benzene rings is 1. The Morgan fingerprint density at radius 2 is 1.95 bits per heavy atom. The quantitative estimate of drug-likeness (QED) is 0.860. The van der Waals surface area contributed by atoms with Gasteiger partial charge < -0.3 is 0 Å². The third kappa shape index (κ3) is 2.22. The van der Waals surface area contributed by atoms with Gasteiger partial charge in [-0.2, -0.15) is 0 Å².